The van der Waals surface area contributed by atoms with Gasteiger partial charge in [-0.15, -0.1) is 0 Å². The van der Waals surface area contributed by atoms with Crippen molar-refractivity contribution in [3.63, 3.8) is 0 Å². The SMILES string of the molecule is C[C@@H]1CCCCN(C)C(=O)OCCC[C@H](CONO)[C@@H](CCCc2ccccc2)C(=O)N1. The first-order chi connectivity index (χ1) is 15.5. The zero-order valence-electron chi connectivity index (χ0n) is 19.4. The lowest BCUT2D eigenvalue weighted by atomic mass is 9.83. The highest BCUT2D eigenvalue weighted by molar-refractivity contribution is 5.79. The molecule has 3 atom stereocenters. The molecule has 0 bridgehead atoms. The number of benzene rings is 1. The number of cyclic esters (lactones) is 1. The molecule has 32 heavy (non-hydrogen) atoms. The molecule has 1 saturated heterocycles. The molecule has 1 heterocycles. The molecule has 1 aliphatic rings. The second kappa shape index (κ2) is 14.8. The molecule has 0 unspecified atom stereocenters. The number of hydrogen-bond donors (Lipinski definition) is 3. The number of hydrogen-bond acceptors (Lipinski definition) is 6. The summed E-state index contributed by atoms with van der Waals surface area (Å²) in [7, 11) is 1.75. The van der Waals surface area contributed by atoms with E-state index in [9.17, 15) is 9.59 Å². The van der Waals surface area contributed by atoms with Gasteiger partial charge in [0.25, 0.3) is 0 Å². The van der Waals surface area contributed by atoms with Crippen molar-refractivity contribution in [1.82, 2.24) is 15.9 Å². The van der Waals surface area contributed by atoms with Crippen molar-refractivity contribution in [3.8, 4) is 0 Å². The Balaban J connectivity index is 2.08. The van der Waals surface area contributed by atoms with E-state index in [1.807, 2.05) is 25.1 Å². The summed E-state index contributed by atoms with van der Waals surface area (Å²) in [4.78, 5) is 32.1. The van der Waals surface area contributed by atoms with Gasteiger partial charge < -0.3 is 15.0 Å². The van der Waals surface area contributed by atoms with E-state index in [0.29, 0.717) is 26.0 Å². The van der Waals surface area contributed by atoms with Crippen molar-refractivity contribution < 1.29 is 24.4 Å². The third-order valence-electron chi connectivity index (χ3n) is 6.12. The number of carbonyl (C=O) groups is 2. The van der Waals surface area contributed by atoms with Crippen LogP contribution in [0.25, 0.3) is 0 Å². The second-order valence-corrected chi connectivity index (χ2v) is 8.73. The summed E-state index contributed by atoms with van der Waals surface area (Å²) in [6.07, 6.45) is 6.08. The Hall–Kier alpha value is -2.16. The van der Waals surface area contributed by atoms with Gasteiger partial charge in [-0.3, -0.25) is 14.8 Å². The zero-order chi connectivity index (χ0) is 23.2. The third-order valence-corrected chi connectivity index (χ3v) is 6.12. The number of nitrogens with one attached hydrogen (secondary N) is 2. The molecule has 3 N–H and O–H groups in total. The number of ether oxygens (including phenoxy) is 1. The number of carbonyl (C=O) groups excluding carboxylic acids is 2. The van der Waals surface area contributed by atoms with Crippen LogP contribution in [0.3, 0.4) is 0 Å². The predicted octanol–water partition coefficient (Wildman–Crippen LogP) is 3.69. The minimum atomic E-state index is -0.314. The van der Waals surface area contributed by atoms with Crippen LogP contribution >= 0.6 is 0 Å². The average molecular weight is 450 g/mol. The van der Waals surface area contributed by atoms with Gasteiger partial charge in [-0.1, -0.05) is 36.0 Å². The minimum Gasteiger partial charge on any atom is -0.449 e. The highest BCUT2D eigenvalue weighted by Gasteiger charge is 2.29. The molecule has 180 valence electrons. The summed E-state index contributed by atoms with van der Waals surface area (Å²) in [6, 6.07) is 10.3. The standard InChI is InChI=1S/C24H39N3O5/c1-19-10-6-7-16-27(2)24(29)31-17-9-14-21(18-32-26-30)22(23(28)25-19)15-8-13-20-11-4-3-5-12-20/h3-5,11-12,19,21-22,26,30H,6-10,13-18H2,1-2H3,(H,25,28)/t19-,21-,22-/m1/s1. The van der Waals surface area contributed by atoms with Gasteiger partial charge >= 0.3 is 6.09 Å². The monoisotopic (exact) mass is 449 g/mol. The first-order valence-electron chi connectivity index (χ1n) is 11.7. The Kier molecular flexibility index (Phi) is 12.1. The molecule has 8 nitrogen and oxygen atoms in total. The van der Waals surface area contributed by atoms with Gasteiger partial charge in [0.05, 0.1) is 13.2 Å². The van der Waals surface area contributed by atoms with E-state index < -0.39 is 0 Å². The van der Waals surface area contributed by atoms with Crippen molar-refractivity contribution in [3.05, 3.63) is 35.9 Å². The van der Waals surface area contributed by atoms with Crippen molar-refractivity contribution >= 4 is 12.0 Å². The van der Waals surface area contributed by atoms with Crippen LogP contribution in [-0.2, 0) is 20.8 Å². The largest absolute Gasteiger partial charge is 0.449 e. The summed E-state index contributed by atoms with van der Waals surface area (Å²) in [5.74, 6) is -0.335. The van der Waals surface area contributed by atoms with Crippen LogP contribution in [-0.4, -0.2) is 55.0 Å². The van der Waals surface area contributed by atoms with Crippen molar-refractivity contribution in [2.45, 2.75) is 64.3 Å². The molecule has 1 aromatic rings. The highest BCUT2D eigenvalue weighted by atomic mass is 16.8. The van der Waals surface area contributed by atoms with Crippen LogP contribution in [0.2, 0.25) is 0 Å². The van der Waals surface area contributed by atoms with Gasteiger partial charge in [0.2, 0.25) is 5.91 Å². The molecule has 1 fully saturated rings. The Morgan fingerprint density at radius 3 is 2.72 bits per heavy atom. The number of amides is 2. The Labute approximate surface area is 191 Å². The molecule has 1 aromatic carbocycles. The number of rotatable bonds is 7. The average Bonchev–Trinajstić information content (AvgIpc) is 2.79. The smallest absolute Gasteiger partial charge is 0.409 e. The van der Waals surface area contributed by atoms with Gasteiger partial charge in [-0.2, -0.15) is 0 Å². The Morgan fingerprint density at radius 2 is 1.97 bits per heavy atom. The topological polar surface area (TPSA) is 100 Å². The molecule has 1 aliphatic heterocycles. The van der Waals surface area contributed by atoms with Gasteiger partial charge in [0.15, 0.2) is 0 Å². The van der Waals surface area contributed by atoms with Crippen LogP contribution < -0.4 is 11.0 Å². The van der Waals surface area contributed by atoms with E-state index in [1.165, 1.54) is 5.56 Å². The van der Waals surface area contributed by atoms with Crippen LogP contribution in [0.1, 0.15) is 57.4 Å². The maximum absolute atomic E-state index is 13.2. The van der Waals surface area contributed by atoms with E-state index >= 15 is 0 Å². The molecule has 0 saturated carbocycles. The maximum Gasteiger partial charge on any atom is 0.409 e. The molecule has 0 aliphatic carbocycles. The minimum absolute atomic E-state index is 0.0288. The quantitative estimate of drug-likeness (QED) is 0.549. The van der Waals surface area contributed by atoms with Crippen LogP contribution in [0.4, 0.5) is 4.79 Å². The van der Waals surface area contributed by atoms with Gasteiger partial charge in [0, 0.05) is 25.6 Å². The zero-order valence-corrected chi connectivity index (χ0v) is 19.4. The van der Waals surface area contributed by atoms with E-state index in [2.05, 4.69) is 17.4 Å². The van der Waals surface area contributed by atoms with Crippen LogP contribution in [0, 0.1) is 11.8 Å². The van der Waals surface area contributed by atoms with Gasteiger partial charge in [-0.25, -0.2) is 4.79 Å². The summed E-state index contributed by atoms with van der Waals surface area (Å²) in [5, 5.41) is 12.1. The molecule has 0 spiro atoms. The molecular formula is C24H39N3O5. The van der Waals surface area contributed by atoms with Crippen molar-refractivity contribution in [2.24, 2.45) is 11.8 Å². The second-order valence-electron chi connectivity index (χ2n) is 8.73. The van der Waals surface area contributed by atoms with Crippen LogP contribution in [0.5, 0.6) is 0 Å². The molecule has 0 radical (unpaired) electrons. The maximum atomic E-state index is 13.2. The fourth-order valence-corrected chi connectivity index (χ4v) is 4.22. The summed E-state index contributed by atoms with van der Waals surface area (Å²) < 4.78 is 5.39. The van der Waals surface area contributed by atoms with Gasteiger partial charge in [-0.05, 0) is 69.8 Å². The normalized spacial score (nSPS) is 24.2. The Bertz CT molecular complexity index is 673. The van der Waals surface area contributed by atoms with Crippen molar-refractivity contribution in [2.75, 3.05) is 26.8 Å². The molecule has 0 aromatic heterocycles. The van der Waals surface area contributed by atoms with Gasteiger partial charge in [0.1, 0.15) is 0 Å². The first-order valence-corrected chi connectivity index (χ1v) is 11.7. The molecule has 2 amide bonds. The lowest BCUT2D eigenvalue weighted by molar-refractivity contribution is -0.148. The summed E-state index contributed by atoms with van der Waals surface area (Å²) >= 11 is 0. The Morgan fingerprint density at radius 1 is 1.19 bits per heavy atom. The fraction of sp³-hybridized carbons (Fsp3) is 0.667. The summed E-state index contributed by atoms with van der Waals surface area (Å²) in [5.41, 5.74) is 2.99. The molecular weight excluding hydrogens is 410 g/mol. The first kappa shape index (κ1) is 26.1. The fourth-order valence-electron chi connectivity index (χ4n) is 4.22. The van der Waals surface area contributed by atoms with E-state index in [0.717, 1.165) is 38.5 Å². The lowest BCUT2D eigenvalue weighted by Gasteiger charge is -2.27. The predicted molar refractivity (Wildman–Crippen MR) is 122 cm³/mol. The van der Waals surface area contributed by atoms with E-state index in [4.69, 9.17) is 14.8 Å². The van der Waals surface area contributed by atoms with Crippen LogP contribution in [0.15, 0.2) is 30.3 Å². The summed E-state index contributed by atoms with van der Waals surface area (Å²) in [6.45, 7) is 3.15. The lowest BCUT2D eigenvalue weighted by Crippen LogP contribution is -2.41. The highest BCUT2D eigenvalue weighted by Crippen LogP contribution is 2.25. The van der Waals surface area contributed by atoms with E-state index in [1.54, 1.807) is 17.6 Å². The third kappa shape index (κ3) is 9.54. The number of aryl methyl sites for hydroxylation is 1. The molecule has 8 heteroatoms. The molecule has 2 rings (SSSR count). The van der Waals surface area contributed by atoms with Crippen molar-refractivity contribution in [1.29, 1.82) is 0 Å². The van der Waals surface area contributed by atoms with E-state index in [-0.39, 0.29) is 36.5 Å². The number of nitrogens with zero attached hydrogens (tertiary/aromatic N) is 1.